The fourth-order valence-electron chi connectivity index (χ4n) is 7.17. The molecule has 3 heteroatoms. The maximum atomic E-state index is 12.9. The molecular weight excluding hydrogens is 322 g/mol. The molecule has 0 spiro atoms. The van der Waals surface area contributed by atoms with Gasteiger partial charge in [0.05, 0.1) is 0 Å². The Labute approximate surface area is 158 Å². The summed E-state index contributed by atoms with van der Waals surface area (Å²) < 4.78 is 0. The van der Waals surface area contributed by atoms with Crippen molar-refractivity contribution in [1.82, 2.24) is 0 Å². The normalized spacial score (nSPS) is 45.0. The molecule has 144 valence electrons. The third-order valence-electron chi connectivity index (χ3n) is 8.51. The molecule has 0 bridgehead atoms. The minimum Gasteiger partial charge on any atom is -0.298 e. The van der Waals surface area contributed by atoms with Gasteiger partial charge in [-0.3, -0.25) is 14.6 Å². The van der Waals surface area contributed by atoms with E-state index >= 15 is 0 Å². The fraction of sp³-hybridized carbons (Fsp3) is 0.870. The minimum atomic E-state index is -0.533. The van der Waals surface area contributed by atoms with Crippen LogP contribution < -0.4 is 0 Å². The number of rotatable bonds is 3. The van der Waals surface area contributed by atoms with E-state index in [1.807, 2.05) is 0 Å². The SMILES string of the molecule is CC(C)CC(=O)C1C(=O)CC[C@@]2(C)C1=NC[C@@H]1[C@H]2CC[C@]2(C)CCC[C@@H]12. The van der Waals surface area contributed by atoms with Crippen molar-refractivity contribution < 1.29 is 9.59 Å². The van der Waals surface area contributed by atoms with Gasteiger partial charge in [0.2, 0.25) is 0 Å². The molecule has 1 aliphatic heterocycles. The second kappa shape index (κ2) is 6.27. The molecule has 3 nitrogen and oxygen atoms in total. The number of ketones is 2. The van der Waals surface area contributed by atoms with E-state index in [2.05, 4.69) is 27.7 Å². The van der Waals surface area contributed by atoms with Crippen LogP contribution in [0.2, 0.25) is 0 Å². The van der Waals surface area contributed by atoms with Crippen LogP contribution in [0.4, 0.5) is 0 Å². The van der Waals surface area contributed by atoms with Gasteiger partial charge in [-0.15, -0.1) is 0 Å². The van der Waals surface area contributed by atoms with Gasteiger partial charge >= 0.3 is 0 Å². The van der Waals surface area contributed by atoms with Crippen molar-refractivity contribution in [3.05, 3.63) is 0 Å². The summed E-state index contributed by atoms with van der Waals surface area (Å²) in [5.74, 6) is 2.10. The Balaban J connectivity index is 1.68. The highest BCUT2D eigenvalue weighted by Gasteiger charge is 2.59. The van der Waals surface area contributed by atoms with Gasteiger partial charge in [-0.25, -0.2) is 0 Å². The van der Waals surface area contributed by atoms with Crippen LogP contribution in [0.5, 0.6) is 0 Å². The van der Waals surface area contributed by atoms with Crippen molar-refractivity contribution in [1.29, 1.82) is 0 Å². The highest BCUT2D eigenvalue weighted by Crippen LogP contribution is 2.62. The molecule has 26 heavy (non-hydrogen) atoms. The molecule has 6 atom stereocenters. The van der Waals surface area contributed by atoms with Crippen molar-refractivity contribution in [2.75, 3.05) is 6.54 Å². The van der Waals surface area contributed by atoms with Crippen LogP contribution in [-0.2, 0) is 9.59 Å². The second-order valence-electron chi connectivity index (χ2n) is 10.6. The Morgan fingerprint density at radius 1 is 1.15 bits per heavy atom. The molecule has 3 fully saturated rings. The predicted molar refractivity (Wildman–Crippen MR) is 104 cm³/mol. The van der Waals surface area contributed by atoms with Crippen molar-refractivity contribution in [2.45, 2.75) is 79.1 Å². The zero-order chi connectivity index (χ0) is 18.7. The number of fused-ring (bicyclic) bond motifs is 5. The number of carbonyl (C=O) groups excluding carboxylic acids is 2. The minimum absolute atomic E-state index is 0.0297. The first-order valence-electron chi connectivity index (χ1n) is 10.9. The van der Waals surface area contributed by atoms with Crippen molar-refractivity contribution in [3.8, 4) is 0 Å². The van der Waals surface area contributed by atoms with Crippen LogP contribution >= 0.6 is 0 Å². The summed E-state index contributed by atoms with van der Waals surface area (Å²) in [5.41, 5.74) is 1.46. The summed E-state index contributed by atoms with van der Waals surface area (Å²) in [6, 6.07) is 0. The van der Waals surface area contributed by atoms with Crippen LogP contribution in [-0.4, -0.2) is 23.8 Å². The van der Waals surface area contributed by atoms with Crippen molar-refractivity contribution >= 4 is 17.3 Å². The van der Waals surface area contributed by atoms with Gasteiger partial charge < -0.3 is 0 Å². The Kier molecular flexibility index (Phi) is 4.44. The van der Waals surface area contributed by atoms with E-state index in [0.29, 0.717) is 36.0 Å². The van der Waals surface area contributed by atoms with Gasteiger partial charge in [0.25, 0.3) is 0 Å². The quantitative estimate of drug-likeness (QED) is 0.676. The number of carbonyl (C=O) groups is 2. The lowest BCUT2D eigenvalue weighted by atomic mass is 9.49. The lowest BCUT2D eigenvalue weighted by molar-refractivity contribution is -0.132. The van der Waals surface area contributed by atoms with Crippen LogP contribution in [0.1, 0.15) is 79.1 Å². The van der Waals surface area contributed by atoms with E-state index < -0.39 is 5.92 Å². The number of nitrogens with zero attached hydrogens (tertiary/aromatic N) is 1. The zero-order valence-electron chi connectivity index (χ0n) is 17.0. The summed E-state index contributed by atoms with van der Waals surface area (Å²) in [7, 11) is 0. The first-order valence-corrected chi connectivity index (χ1v) is 10.9. The number of hydrogen-bond acceptors (Lipinski definition) is 3. The van der Waals surface area contributed by atoms with Crippen molar-refractivity contribution in [2.24, 2.45) is 45.4 Å². The first-order chi connectivity index (χ1) is 12.3. The molecule has 0 saturated heterocycles. The third-order valence-corrected chi connectivity index (χ3v) is 8.51. The maximum Gasteiger partial charge on any atom is 0.149 e. The Bertz CT molecular complexity index is 651. The van der Waals surface area contributed by atoms with E-state index in [9.17, 15) is 9.59 Å². The molecule has 4 rings (SSSR count). The number of Topliss-reactive ketones (excluding diaryl/α,β-unsaturated/α-hetero) is 2. The molecular formula is C23H35NO2. The van der Waals surface area contributed by atoms with E-state index in [-0.39, 0.29) is 17.0 Å². The van der Waals surface area contributed by atoms with Gasteiger partial charge in [-0.2, -0.15) is 0 Å². The molecule has 0 aromatic heterocycles. The van der Waals surface area contributed by atoms with E-state index in [1.54, 1.807) is 0 Å². The van der Waals surface area contributed by atoms with E-state index in [0.717, 1.165) is 24.6 Å². The Morgan fingerprint density at radius 3 is 2.65 bits per heavy atom. The molecule has 3 aliphatic carbocycles. The molecule has 3 saturated carbocycles. The molecule has 0 aromatic rings. The van der Waals surface area contributed by atoms with Crippen LogP contribution in [0, 0.1) is 40.4 Å². The molecule has 4 aliphatic rings. The number of aliphatic imine (C=N–C) groups is 1. The Hall–Kier alpha value is -0.990. The molecule has 1 unspecified atom stereocenters. The second-order valence-corrected chi connectivity index (χ2v) is 10.6. The average molecular weight is 358 g/mol. The summed E-state index contributed by atoms with van der Waals surface area (Å²) >= 11 is 0. The van der Waals surface area contributed by atoms with Gasteiger partial charge in [0.15, 0.2) is 0 Å². The smallest absolute Gasteiger partial charge is 0.149 e. The summed E-state index contributed by atoms with van der Waals surface area (Å²) in [5, 5.41) is 0. The maximum absolute atomic E-state index is 12.9. The zero-order valence-corrected chi connectivity index (χ0v) is 17.0. The fourth-order valence-corrected chi connectivity index (χ4v) is 7.17. The van der Waals surface area contributed by atoms with Crippen LogP contribution in [0.25, 0.3) is 0 Å². The van der Waals surface area contributed by atoms with Crippen LogP contribution in [0.15, 0.2) is 4.99 Å². The van der Waals surface area contributed by atoms with Crippen molar-refractivity contribution in [3.63, 3.8) is 0 Å². The molecule has 0 aromatic carbocycles. The molecule has 0 amide bonds. The predicted octanol–water partition coefficient (Wildman–Crippen LogP) is 4.87. The van der Waals surface area contributed by atoms with Gasteiger partial charge in [0, 0.05) is 30.5 Å². The van der Waals surface area contributed by atoms with E-state index in [1.165, 1.54) is 32.1 Å². The average Bonchev–Trinajstić information content (AvgIpc) is 2.96. The monoisotopic (exact) mass is 357 g/mol. The molecule has 0 N–H and O–H groups in total. The number of hydrogen-bond donors (Lipinski definition) is 0. The summed E-state index contributed by atoms with van der Waals surface area (Å²) in [4.78, 5) is 30.6. The lowest BCUT2D eigenvalue weighted by Crippen LogP contribution is -2.57. The largest absolute Gasteiger partial charge is 0.298 e. The third kappa shape index (κ3) is 2.64. The Morgan fingerprint density at radius 2 is 1.92 bits per heavy atom. The molecule has 0 radical (unpaired) electrons. The van der Waals surface area contributed by atoms with Gasteiger partial charge in [-0.05, 0) is 61.2 Å². The highest BCUT2D eigenvalue weighted by atomic mass is 16.2. The summed E-state index contributed by atoms with van der Waals surface area (Å²) in [6.45, 7) is 9.81. The summed E-state index contributed by atoms with van der Waals surface area (Å²) in [6.07, 6.45) is 8.64. The first kappa shape index (κ1) is 18.4. The van der Waals surface area contributed by atoms with Crippen LogP contribution in [0.3, 0.4) is 0 Å². The van der Waals surface area contributed by atoms with Gasteiger partial charge in [-0.1, -0.05) is 34.1 Å². The standard InChI is InChI=1S/C23H35NO2/c1-14(2)12-19(26)20-18(25)8-11-23(4)17-7-10-22(3)9-5-6-16(22)15(17)13-24-21(20)23/h14-17,20H,5-13H2,1-4H3/t15-,16-,17+,20?,22-,23+/m0/s1. The van der Waals surface area contributed by atoms with Gasteiger partial charge in [0.1, 0.15) is 17.5 Å². The lowest BCUT2D eigenvalue weighted by Gasteiger charge is -2.56. The highest BCUT2D eigenvalue weighted by molar-refractivity contribution is 6.24. The van der Waals surface area contributed by atoms with E-state index in [4.69, 9.17) is 4.99 Å². The molecule has 1 heterocycles. The topological polar surface area (TPSA) is 46.5 Å².